The first-order chi connectivity index (χ1) is 16.1. The Balaban J connectivity index is 0.00000324. The molecule has 3 N–H and O–H groups in total. The maximum Gasteiger partial charge on any atom is 0.253 e. The third-order valence-corrected chi connectivity index (χ3v) is 6.11. The van der Waals surface area contributed by atoms with Gasteiger partial charge in [0, 0.05) is 43.7 Å². The molecule has 7 nitrogen and oxygen atoms in total. The zero-order valence-electron chi connectivity index (χ0n) is 20.0. The molecule has 2 aromatic rings. The van der Waals surface area contributed by atoms with Crippen molar-refractivity contribution in [1.82, 2.24) is 10.6 Å². The van der Waals surface area contributed by atoms with E-state index >= 15 is 0 Å². The lowest BCUT2D eigenvalue weighted by Gasteiger charge is -2.20. The molecule has 0 aromatic heterocycles. The van der Waals surface area contributed by atoms with Crippen molar-refractivity contribution in [2.75, 3.05) is 36.5 Å². The maximum atomic E-state index is 12.3. The van der Waals surface area contributed by atoms with Crippen LogP contribution >= 0.6 is 24.0 Å². The summed E-state index contributed by atoms with van der Waals surface area (Å²) >= 11 is 0. The molecular weight excluding hydrogens is 541 g/mol. The van der Waals surface area contributed by atoms with Gasteiger partial charge >= 0.3 is 0 Å². The Bertz CT molecular complexity index is 960. The minimum Gasteiger partial charge on any atom is -0.369 e. The van der Waals surface area contributed by atoms with Gasteiger partial charge in [-0.3, -0.25) is 4.79 Å². The molecule has 2 aliphatic heterocycles. The minimum atomic E-state index is -0.331. The number of carbonyl (C=O) groups is 1. The molecule has 4 rings (SSSR count). The number of halogens is 1. The van der Waals surface area contributed by atoms with Gasteiger partial charge in [0.2, 0.25) is 0 Å². The fraction of sp³-hybridized carbons (Fsp3) is 0.462. The fourth-order valence-corrected chi connectivity index (χ4v) is 4.31. The third kappa shape index (κ3) is 7.33. The predicted octanol–water partition coefficient (Wildman–Crippen LogP) is 4.06. The van der Waals surface area contributed by atoms with Crippen molar-refractivity contribution >= 4 is 47.2 Å². The second-order valence-electron chi connectivity index (χ2n) is 8.80. The van der Waals surface area contributed by atoms with Crippen LogP contribution in [0.5, 0.6) is 0 Å². The Hall–Kier alpha value is -2.33. The Kier molecular flexibility index (Phi) is 10.0. The summed E-state index contributed by atoms with van der Waals surface area (Å²) in [6, 6.07) is 16.9. The van der Waals surface area contributed by atoms with Gasteiger partial charge in [-0.1, -0.05) is 29.8 Å². The predicted molar refractivity (Wildman–Crippen MR) is 149 cm³/mol. The SMILES string of the molecule is CCNC(=NCc1cccc(NC(=O)C2CCCO2)c1)NC1CCN(c2ccc(C)cc2)C1.I. The highest BCUT2D eigenvalue weighted by Crippen LogP contribution is 2.21. The summed E-state index contributed by atoms with van der Waals surface area (Å²) in [6.07, 6.45) is 2.47. The molecule has 2 aromatic carbocycles. The van der Waals surface area contributed by atoms with E-state index in [1.54, 1.807) is 0 Å². The van der Waals surface area contributed by atoms with Crippen LogP contribution in [0, 0.1) is 6.92 Å². The topological polar surface area (TPSA) is 78.0 Å². The van der Waals surface area contributed by atoms with Gasteiger partial charge in [-0.2, -0.15) is 0 Å². The molecule has 8 heteroatoms. The summed E-state index contributed by atoms with van der Waals surface area (Å²) < 4.78 is 5.47. The summed E-state index contributed by atoms with van der Waals surface area (Å²) in [7, 11) is 0. The third-order valence-electron chi connectivity index (χ3n) is 6.11. The van der Waals surface area contributed by atoms with Crippen LogP contribution in [0.25, 0.3) is 0 Å². The van der Waals surface area contributed by atoms with Gasteiger partial charge in [0.1, 0.15) is 6.10 Å². The number of anilines is 2. The molecule has 2 fully saturated rings. The van der Waals surface area contributed by atoms with Crippen LogP contribution in [-0.4, -0.2) is 50.3 Å². The van der Waals surface area contributed by atoms with Crippen molar-refractivity contribution in [1.29, 1.82) is 0 Å². The maximum absolute atomic E-state index is 12.3. The van der Waals surface area contributed by atoms with Crippen LogP contribution in [0.2, 0.25) is 0 Å². The van der Waals surface area contributed by atoms with Crippen molar-refractivity contribution in [2.45, 2.75) is 51.8 Å². The number of benzene rings is 2. The van der Waals surface area contributed by atoms with E-state index < -0.39 is 0 Å². The van der Waals surface area contributed by atoms with Gasteiger partial charge in [-0.25, -0.2) is 4.99 Å². The summed E-state index contributed by atoms with van der Waals surface area (Å²) in [5, 5.41) is 9.92. The van der Waals surface area contributed by atoms with Crippen LogP contribution in [0.1, 0.15) is 37.3 Å². The molecule has 0 bridgehead atoms. The number of aliphatic imine (C=N–C) groups is 1. The average molecular weight is 578 g/mol. The van der Waals surface area contributed by atoms with Crippen molar-refractivity contribution in [2.24, 2.45) is 4.99 Å². The summed E-state index contributed by atoms with van der Waals surface area (Å²) in [4.78, 5) is 19.5. The molecule has 2 heterocycles. The summed E-state index contributed by atoms with van der Waals surface area (Å²) in [5.41, 5.74) is 4.38. The number of nitrogens with one attached hydrogen (secondary N) is 3. The van der Waals surface area contributed by atoms with E-state index in [0.29, 0.717) is 19.2 Å². The van der Waals surface area contributed by atoms with Crippen LogP contribution < -0.4 is 20.9 Å². The largest absolute Gasteiger partial charge is 0.369 e. The first-order valence-electron chi connectivity index (χ1n) is 12.0. The Morgan fingerprint density at radius 2 is 2.00 bits per heavy atom. The highest BCUT2D eigenvalue weighted by molar-refractivity contribution is 14.0. The molecular formula is C26H36IN5O2. The number of aryl methyl sites for hydroxylation is 1. The molecule has 184 valence electrons. The van der Waals surface area contributed by atoms with Crippen molar-refractivity contribution in [3.05, 3.63) is 59.7 Å². The normalized spacial score (nSPS) is 20.1. The zero-order valence-corrected chi connectivity index (χ0v) is 22.4. The monoisotopic (exact) mass is 577 g/mol. The number of nitrogens with zero attached hydrogens (tertiary/aromatic N) is 2. The number of carbonyl (C=O) groups excluding carboxylic acids is 1. The summed E-state index contributed by atoms with van der Waals surface area (Å²) in [6.45, 7) is 8.18. The van der Waals surface area contributed by atoms with E-state index in [2.05, 4.69) is 59.0 Å². The quantitative estimate of drug-likeness (QED) is 0.263. The number of rotatable bonds is 7. The van der Waals surface area contributed by atoms with E-state index in [9.17, 15) is 4.79 Å². The van der Waals surface area contributed by atoms with Crippen molar-refractivity contribution in [3.8, 4) is 0 Å². The standard InChI is InChI=1S/C26H35N5O2.HI/c1-3-27-26(30-22-13-14-31(18-22)23-11-9-19(2)10-12-23)28-17-20-6-4-7-21(16-20)29-25(32)24-8-5-15-33-24;/h4,6-7,9-12,16,22,24H,3,5,8,13-15,17-18H2,1-2H3,(H,29,32)(H2,27,28,30);1H. The summed E-state index contributed by atoms with van der Waals surface area (Å²) in [5.74, 6) is 0.754. The van der Waals surface area contributed by atoms with E-state index in [4.69, 9.17) is 9.73 Å². The Morgan fingerprint density at radius 1 is 1.18 bits per heavy atom. The minimum absolute atomic E-state index is 0. The molecule has 0 aliphatic carbocycles. The van der Waals surface area contributed by atoms with Gasteiger partial charge < -0.3 is 25.6 Å². The molecule has 0 spiro atoms. The second-order valence-corrected chi connectivity index (χ2v) is 8.80. The molecule has 0 radical (unpaired) electrons. The number of guanidine groups is 1. The smallest absolute Gasteiger partial charge is 0.253 e. The van der Waals surface area contributed by atoms with E-state index in [0.717, 1.165) is 56.1 Å². The molecule has 1 amide bonds. The highest BCUT2D eigenvalue weighted by Gasteiger charge is 2.24. The van der Waals surface area contributed by atoms with Crippen molar-refractivity contribution in [3.63, 3.8) is 0 Å². The van der Waals surface area contributed by atoms with Gasteiger partial charge in [0.15, 0.2) is 5.96 Å². The molecule has 2 saturated heterocycles. The second kappa shape index (κ2) is 12.9. The van der Waals surface area contributed by atoms with E-state index in [1.807, 2.05) is 24.3 Å². The van der Waals surface area contributed by atoms with Crippen LogP contribution in [-0.2, 0) is 16.1 Å². The first kappa shape index (κ1) is 26.3. The lowest BCUT2D eigenvalue weighted by molar-refractivity contribution is -0.124. The fourth-order valence-electron chi connectivity index (χ4n) is 4.31. The van der Waals surface area contributed by atoms with Crippen LogP contribution in [0.15, 0.2) is 53.5 Å². The molecule has 2 unspecified atom stereocenters. The lowest BCUT2D eigenvalue weighted by Crippen LogP contribution is -2.44. The van der Waals surface area contributed by atoms with Crippen LogP contribution in [0.3, 0.4) is 0 Å². The number of hydrogen-bond donors (Lipinski definition) is 3. The highest BCUT2D eigenvalue weighted by atomic mass is 127. The Labute approximate surface area is 219 Å². The molecule has 2 aliphatic rings. The number of amides is 1. The Morgan fingerprint density at radius 3 is 2.74 bits per heavy atom. The molecule has 2 atom stereocenters. The first-order valence-corrected chi connectivity index (χ1v) is 12.0. The number of ether oxygens (including phenoxy) is 1. The average Bonchev–Trinajstić information content (AvgIpc) is 3.51. The van der Waals surface area contributed by atoms with Gasteiger partial charge in [0.05, 0.1) is 6.54 Å². The molecule has 0 saturated carbocycles. The van der Waals surface area contributed by atoms with E-state index in [1.165, 1.54) is 11.3 Å². The van der Waals surface area contributed by atoms with Gasteiger partial charge in [0.25, 0.3) is 5.91 Å². The molecule has 34 heavy (non-hydrogen) atoms. The van der Waals surface area contributed by atoms with Gasteiger partial charge in [-0.15, -0.1) is 24.0 Å². The number of hydrogen-bond acceptors (Lipinski definition) is 4. The van der Waals surface area contributed by atoms with Gasteiger partial charge in [-0.05, 0) is 62.9 Å². The van der Waals surface area contributed by atoms with E-state index in [-0.39, 0.29) is 36.0 Å². The zero-order chi connectivity index (χ0) is 23.0. The van der Waals surface area contributed by atoms with Crippen molar-refractivity contribution < 1.29 is 9.53 Å². The van der Waals surface area contributed by atoms with Crippen LogP contribution in [0.4, 0.5) is 11.4 Å². The lowest BCUT2D eigenvalue weighted by atomic mass is 10.2.